The molecule has 0 spiro atoms. The summed E-state index contributed by atoms with van der Waals surface area (Å²) >= 11 is 0. The zero-order valence-electron chi connectivity index (χ0n) is 15.9. The first kappa shape index (κ1) is 21.1. The lowest BCUT2D eigenvalue weighted by Gasteiger charge is -2.28. The highest BCUT2D eigenvalue weighted by atomic mass is 127. The first-order valence-corrected chi connectivity index (χ1v) is 9.25. The van der Waals surface area contributed by atoms with Crippen molar-refractivity contribution in [2.24, 2.45) is 23.9 Å². The quantitative estimate of drug-likeness (QED) is 0.307. The van der Waals surface area contributed by atoms with Crippen molar-refractivity contribution >= 4 is 29.9 Å². The summed E-state index contributed by atoms with van der Waals surface area (Å²) in [5, 5.41) is 11.7. The molecule has 0 radical (unpaired) electrons. The molecular formula is C18H31IN6O. The smallest absolute Gasteiger partial charge is 0.194 e. The van der Waals surface area contributed by atoms with E-state index in [1.807, 2.05) is 24.6 Å². The Balaban J connectivity index is 0.00000243. The van der Waals surface area contributed by atoms with E-state index in [-0.39, 0.29) is 24.0 Å². The van der Waals surface area contributed by atoms with Crippen molar-refractivity contribution in [1.29, 1.82) is 0 Å². The van der Waals surface area contributed by atoms with E-state index in [1.165, 1.54) is 19.3 Å². The third-order valence-electron chi connectivity index (χ3n) is 5.41. The molecule has 2 aliphatic heterocycles. The van der Waals surface area contributed by atoms with Gasteiger partial charge in [0.15, 0.2) is 11.8 Å². The minimum absolute atomic E-state index is 0. The molecule has 1 aromatic heterocycles. The Kier molecular flexibility index (Phi) is 8.33. The molecule has 26 heavy (non-hydrogen) atoms. The third kappa shape index (κ3) is 5.18. The highest BCUT2D eigenvalue weighted by Crippen LogP contribution is 2.31. The van der Waals surface area contributed by atoms with Crippen LogP contribution in [0.1, 0.15) is 30.9 Å². The van der Waals surface area contributed by atoms with Crippen LogP contribution >= 0.6 is 24.0 Å². The highest BCUT2D eigenvalue weighted by molar-refractivity contribution is 14.0. The van der Waals surface area contributed by atoms with Gasteiger partial charge in [0.1, 0.15) is 12.4 Å². The molecule has 0 amide bonds. The average Bonchev–Trinajstić information content (AvgIpc) is 3.25. The number of likely N-dealkylation sites (tertiary alicyclic amines) is 1. The Morgan fingerprint density at radius 2 is 2.08 bits per heavy atom. The highest BCUT2D eigenvalue weighted by Gasteiger charge is 2.31. The lowest BCUT2D eigenvalue weighted by atomic mass is 9.85. The van der Waals surface area contributed by atoms with E-state index in [4.69, 9.17) is 9.73 Å². The van der Waals surface area contributed by atoms with Crippen LogP contribution in [0.2, 0.25) is 0 Å². The van der Waals surface area contributed by atoms with E-state index in [0.717, 1.165) is 62.3 Å². The molecule has 2 saturated heterocycles. The van der Waals surface area contributed by atoms with Crippen molar-refractivity contribution in [3.05, 3.63) is 24.3 Å². The number of aliphatic imine (C=N–C) groups is 1. The van der Waals surface area contributed by atoms with Crippen LogP contribution < -0.4 is 5.32 Å². The number of nitrogens with one attached hydrogen (secondary N) is 1. The number of rotatable bonds is 5. The maximum atomic E-state index is 5.51. The molecule has 0 aromatic carbocycles. The van der Waals surface area contributed by atoms with Gasteiger partial charge in [-0.05, 0) is 38.0 Å². The molecule has 1 unspecified atom stereocenters. The zero-order chi connectivity index (χ0) is 17.6. The van der Waals surface area contributed by atoms with Crippen LogP contribution in [0.3, 0.4) is 0 Å². The van der Waals surface area contributed by atoms with E-state index in [1.54, 1.807) is 0 Å². The first-order valence-electron chi connectivity index (χ1n) is 9.25. The maximum Gasteiger partial charge on any atom is 0.194 e. The van der Waals surface area contributed by atoms with Gasteiger partial charge in [-0.2, -0.15) is 0 Å². The Bertz CT molecular complexity index is 611. The second-order valence-electron chi connectivity index (χ2n) is 6.98. The van der Waals surface area contributed by atoms with Gasteiger partial charge in [-0.25, -0.2) is 4.99 Å². The van der Waals surface area contributed by atoms with Gasteiger partial charge < -0.3 is 19.5 Å². The van der Waals surface area contributed by atoms with Crippen LogP contribution in [0, 0.1) is 18.8 Å². The minimum Gasteiger partial charge on any atom is -0.381 e. The molecule has 8 heteroatoms. The van der Waals surface area contributed by atoms with Gasteiger partial charge in [-0.1, -0.05) is 6.08 Å². The van der Waals surface area contributed by atoms with Gasteiger partial charge in [0.25, 0.3) is 0 Å². The number of aromatic nitrogens is 3. The predicted molar refractivity (Wildman–Crippen MR) is 114 cm³/mol. The number of hydrogen-bond acceptors (Lipinski definition) is 4. The van der Waals surface area contributed by atoms with Gasteiger partial charge in [-0.3, -0.25) is 0 Å². The Hall–Kier alpha value is -1.16. The number of hydrogen-bond donors (Lipinski definition) is 1. The fourth-order valence-electron chi connectivity index (χ4n) is 3.72. The van der Waals surface area contributed by atoms with Gasteiger partial charge in [-0.15, -0.1) is 40.8 Å². The Morgan fingerprint density at radius 3 is 2.73 bits per heavy atom. The largest absolute Gasteiger partial charge is 0.381 e. The molecule has 0 aliphatic carbocycles. The molecule has 0 bridgehead atoms. The van der Waals surface area contributed by atoms with E-state index in [9.17, 15) is 0 Å². The van der Waals surface area contributed by atoms with Crippen LogP contribution in [0.25, 0.3) is 0 Å². The molecule has 1 N–H and O–H groups in total. The number of aryl methyl sites for hydroxylation is 1. The lowest BCUT2D eigenvalue weighted by Crippen LogP contribution is -2.40. The number of nitrogens with zero attached hydrogens (tertiary/aromatic N) is 5. The SMILES string of the molecule is C=CCNC(=NCc1nnc(C)n1C)N1CCC(C2CCOCC2)C1.I. The van der Waals surface area contributed by atoms with E-state index in [0.29, 0.717) is 6.54 Å². The van der Waals surface area contributed by atoms with Gasteiger partial charge >= 0.3 is 0 Å². The molecule has 1 atom stereocenters. The molecular weight excluding hydrogens is 443 g/mol. The van der Waals surface area contributed by atoms with Crippen molar-refractivity contribution in [3.8, 4) is 0 Å². The lowest BCUT2D eigenvalue weighted by molar-refractivity contribution is 0.0488. The summed E-state index contributed by atoms with van der Waals surface area (Å²) in [7, 11) is 1.98. The van der Waals surface area contributed by atoms with Crippen LogP contribution in [0.4, 0.5) is 0 Å². The van der Waals surface area contributed by atoms with Crippen molar-refractivity contribution < 1.29 is 4.74 Å². The van der Waals surface area contributed by atoms with E-state index >= 15 is 0 Å². The normalized spacial score (nSPS) is 21.5. The maximum absolute atomic E-state index is 5.51. The minimum atomic E-state index is 0. The second-order valence-corrected chi connectivity index (χ2v) is 6.98. The van der Waals surface area contributed by atoms with E-state index in [2.05, 4.69) is 27.0 Å². The summed E-state index contributed by atoms with van der Waals surface area (Å²) in [6, 6.07) is 0. The molecule has 0 saturated carbocycles. The second kappa shape index (κ2) is 10.2. The predicted octanol–water partition coefficient (Wildman–Crippen LogP) is 2.12. The molecule has 2 aliphatic rings. The van der Waals surface area contributed by atoms with Gasteiger partial charge in [0, 0.05) is 39.9 Å². The summed E-state index contributed by atoms with van der Waals surface area (Å²) in [4.78, 5) is 7.18. The van der Waals surface area contributed by atoms with Crippen LogP contribution in [-0.2, 0) is 18.3 Å². The summed E-state index contributed by atoms with van der Waals surface area (Å²) in [5.74, 6) is 4.29. The van der Waals surface area contributed by atoms with Gasteiger partial charge in [0.2, 0.25) is 0 Å². The Labute approximate surface area is 173 Å². The van der Waals surface area contributed by atoms with Crippen LogP contribution in [0.5, 0.6) is 0 Å². The van der Waals surface area contributed by atoms with Crippen LogP contribution in [-0.4, -0.2) is 58.5 Å². The number of halogens is 1. The molecule has 3 rings (SSSR count). The van der Waals surface area contributed by atoms with Crippen molar-refractivity contribution in [2.45, 2.75) is 32.7 Å². The van der Waals surface area contributed by atoms with Crippen molar-refractivity contribution in [1.82, 2.24) is 25.0 Å². The number of guanidine groups is 1. The van der Waals surface area contributed by atoms with Crippen LogP contribution in [0.15, 0.2) is 17.6 Å². The van der Waals surface area contributed by atoms with E-state index < -0.39 is 0 Å². The molecule has 2 fully saturated rings. The third-order valence-corrected chi connectivity index (χ3v) is 5.41. The average molecular weight is 474 g/mol. The fourth-order valence-corrected chi connectivity index (χ4v) is 3.72. The summed E-state index contributed by atoms with van der Waals surface area (Å²) in [5.41, 5.74) is 0. The summed E-state index contributed by atoms with van der Waals surface area (Å²) < 4.78 is 7.50. The molecule has 1 aromatic rings. The van der Waals surface area contributed by atoms with Gasteiger partial charge in [0.05, 0.1) is 0 Å². The molecule has 7 nitrogen and oxygen atoms in total. The fraction of sp³-hybridized carbons (Fsp3) is 0.722. The summed E-state index contributed by atoms with van der Waals surface area (Å²) in [6.07, 6.45) is 5.50. The molecule has 146 valence electrons. The van der Waals surface area contributed by atoms with Crippen molar-refractivity contribution in [2.75, 3.05) is 32.8 Å². The summed E-state index contributed by atoms with van der Waals surface area (Å²) in [6.45, 7) is 11.0. The number of ether oxygens (including phenoxy) is 1. The zero-order valence-corrected chi connectivity index (χ0v) is 18.2. The topological polar surface area (TPSA) is 67.6 Å². The monoisotopic (exact) mass is 474 g/mol. The van der Waals surface area contributed by atoms with Crippen molar-refractivity contribution in [3.63, 3.8) is 0 Å². The first-order chi connectivity index (χ1) is 12.2. The molecule has 3 heterocycles. The standard InChI is InChI=1S/C18H30N6O.HI/c1-4-8-19-18(20-12-17-22-21-14(2)23(17)3)24-9-5-16(13-24)15-6-10-25-11-7-15;/h4,15-16H,1,5-13H2,2-3H3,(H,19,20);1H. The Morgan fingerprint density at radius 1 is 1.31 bits per heavy atom.